The smallest absolute Gasteiger partial charge is 0.151 e. The summed E-state index contributed by atoms with van der Waals surface area (Å²) in [6, 6.07) is 10.9. The molecule has 1 aromatic heterocycles. The van der Waals surface area contributed by atoms with Crippen molar-refractivity contribution in [3.63, 3.8) is 0 Å². The number of fused-ring (bicyclic) bond motifs is 1. The van der Waals surface area contributed by atoms with E-state index in [2.05, 4.69) is 25.9 Å². The van der Waals surface area contributed by atoms with Crippen molar-refractivity contribution in [2.24, 2.45) is 0 Å². The highest BCUT2D eigenvalue weighted by molar-refractivity contribution is 9.10. The fraction of sp³-hybridized carbons (Fsp3) is 0.0714. The quantitative estimate of drug-likeness (QED) is 0.707. The largest absolute Gasteiger partial charge is 0.338 e. The molecule has 0 spiro atoms. The van der Waals surface area contributed by atoms with Crippen molar-refractivity contribution in [2.75, 3.05) is 0 Å². The fourth-order valence-electron chi connectivity index (χ4n) is 2.01. The van der Waals surface area contributed by atoms with E-state index in [-0.39, 0.29) is 5.82 Å². The third kappa shape index (κ3) is 1.93. The lowest BCUT2D eigenvalue weighted by atomic mass is 10.1. The summed E-state index contributed by atoms with van der Waals surface area (Å²) >= 11 is 3.45. The molecule has 0 aliphatic rings. The highest BCUT2D eigenvalue weighted by Gasteiger charge is 2.09. The zero-order chi connectivity index (χ0) is 12.7. The van der Waals surface area contributed by atoms with Crippen molar-refractivity contribution in [3.8, 4) is 11.4 Å². The van der Waals surface area contributed by atoms with Gasteiger partial charge in [-0.15, -0.1) is 0 Å². The van der Waals surface area contributed by atoms with Crippen LogP contribution < -0.4 is 0 Å². The molecule has 4 heteroatoms. The molecule has 0 amide bonds. The molecule has 2 aromatic carbocycles. The van der Waals surface area contributed by atoms with Gasteiger partial charge in [0.25, 0.3) is 0 Å². The summed E-state index contributed by atoms with van der Waals surface area (Å²) in [6.45, 7) is 2.01. The molecule has 1 N–H and O–H groups in total. The maximum atomic E-state index is 13.6. The number of H-pyrrole nitrogens is 1. The summed E-state index contributed by atoms with van der Waals surface area (Å²) < 4.78 is 14.6. The number of aromatic amines is 1. The summed E-state index contributed by atoms with van der Waals surface area (Å²) in [7, 11) is 0. The molecule has 0 aliphatic heterocycles. The third-order valence-corrected chi connectivity index (χ3v) is 3.24. The first-order valence-corrected chi connectivity index (χ1v) is 6.34. The normalized spacial score (nSPS) is 11.1. The Hall–Kier alpha value is -1.68. The molecule has 1 heterocycles. The molecule has 0 radical (unpaired) electrons. The molecular weight excluding hydrogens is 295 g/mol. The average Bonchev–Trinajstić information content (AvgIpc) is 2.73. The van der Waals surface area contributed by atoms with Crippen LogP contribution >= 0.6 is 15.9 Å². The Morgan fingerprint density at radius 1 is 1.22 bits per heavy atom. The molecule has 0 atom stereocenters. The second-order valence-corrected chi connectivity index (χ2v) is 5.15. The van der Waals surface area contributed by atoms with E-state index in [1.165, 1.54) is 6.07 Å². The summed E-state index contributed by atoms with van der Waals surface area (Å²) in [6.07, 6.45) is 0. The van der Waals surface area contributed by atoms with Gasteiger partial charge in [0.05, 0.1) is 5.52 Å². The zero-order valence-electron chi connectivity index (χ0n) is 9.67. The third-order valence-electron chi connectivity index (χ3n) is 2.78. The Bertz CT molecular complexity index is 713. The molecule has 3 rings (SSSR count). The van der Waals surface area contributed by atoms with Crippen LogP contribution in [0.3, 0.4) is 0 Å². The molecule has 90 valence electrons. The zero-order valence-corrected chi connectivity index (χ0v) is 11.3. The first-order valence-electron chi connectivity index (χ1n) is 5.55. The fourth-order valence-corrected chi connectivity index (χ4v) is 2.61. The number of imidazole rings is 1. The van der Waals surface area contributed by atoms with Gasteiger partial charge < -0.3 is 4.98 Å². The number of benzene rings is 2. The Balaban J connectivity index is 2.22. The highest BCUT2D eigenvalue weighted by Crippen LogP contribution is 2.25. The van der Waals surface area contributed by atoms with Crippen LogP contribution in [0, 0.1) is 12.7 Å². The van der Waals surface area contributed by atoms with Gasteiger partial charge in [0.15, 0.2) is 5.82 Å². The minimum Gasteiger partial charge on any atom is -0.338 e. The van der Waals surface area contributed by atoms with Gasteiger partial charge in [-0.3, -0.25) is 0 Å². The number of para-hydroxylation sites is 1. The average molecular weight is 305 g/mol. The van der Waals surface area contributed by atoms with Crippen LogP contribution in [0.1, 0.15) is 5.56 Å². The number of hydrogen-bond donors (Lipinski definition) is 1. The van der Waals surface area contributed by atoms with E-state index in [1.54, 1.807) is 6.07 Å². The molecular formula is C14H10BrFN2. The van der Waals surface area contributed by atoms with Crippen molar-refractivity contribution in [1.29, 1.82) is 0 Å². The van der Waals surface area contributed by atoms with Gasteiger partial charge in [-0.2, -0.15) is 0 Å². The molecule has 18 heavy (non-hydrogen) atoms. The number of halogens is 2. The van der Waals surface area contributed by atoms with Gasteiger partial charge in [-0.25, -0.2) is 9.37 Å². The van der Waals surface area contributed by atoms with Crippen LogP contribution in [0.15, 0.2) is 40.9 Å². The predicted octanol–water partition coefficient (Wildman–Crippen LogP) is 4.44. The van der Waals surface area contributed by atoms with Gasteiger partial charge in [-0.05, 0) is 42.8 Å². The van der Waals surface area contributed by atoms with E-state index in [1.807, 2.05) is 31.2 Å². The van der Waals surface area contributed by atoms with Gasteiger partial charge in [0.2, 0.25) is 0 Å². The lowest BCUT2D eigenvalue weighted by molar-refractivity contribution is 0.637. The molecule has 2 nitrogen and oxygen atoms in total. The van der Waals surface area contributed by atoms with Crippen LogP contribution in [0.2, 0.25) is 0 Å². The second kappa shape index (κ2) is 4.21. The maximum absolute atomic E-state index is 13.6. The summed E-state index contributed by atoms with van der Waals surface area (Å²) in [5.74, 6) is 0.376. The topological polar surface area (TPSA) is 28.7 Å². The Kier molecular flexibility index (Phi) is 2.67. The number of hydrogen-bond acceptors (Lipinski definition) is 1. The first kappa shape index (κ1) is 11.4. The highest BCUT2D eigenvalue weighted by atomic mass is 79.9. The van der Waals surface area contributed by atoms with E-state index >= 15 is 0 Å². The number of aromatic nitrogens is 2. The van der Waals surface area contributed by atoms with Crippen molar-refractivity contribution in [2.45, 2.75) is 6.92 Å². The van der Waals surface area contributed by atoms with Gasteiger partial charge >= 0.3 is 0 Å². The summed E-state index contributed by atoms with van der Waals surface area (Å²) in [5.41, 5.74) is 3.16. The second-order valence-electron chi connectivity index (χ2n) is 4.24. The molecule has 3 aromatic rings. The molecule has 0 unspecified atom stereocenters. The van der Waals surface area contributed by atoms with Gasteiger partial charge in [-0.1, -0.05) is 22.0 Å². The minimum absolute atomic E-state index is 0.304. The van der Waals surface area contributed by atoms with E-state index in [4.69, 9.17) is 0 Å². The van der Waals surface area contributed by atoms with Crippen molar-refractivity contribution < 1.29 is 4.39 Å². The minimum atomic E-state index is -0.304. The SMILES string of the molecule is Cc1cc(Br)cc(-c2nc3c(F)cccc3[nH]2)c1. The Morgan fingerprint density at radius 2 is 2.06 bits per heavy atom. The lowest BCUT2D eigenvalue weighted by Crippen LogP contribution is -1.82. The Morgan fingerprint density at radius 3 is 2.78 bits per heavy atom. The van der Waals surface area contributed by atoms with Crippen molar-refractivity contribution in [3.05, 3.63) is 52.3 Å². The monoisotopic (exact) mass is 304 g/mol. The van der Waals surface area contributed by atoms with Crippen LogP contribution in [0.4, 0.5) is 4.39 Å². The summed E-state index contributed by atoms with van der Waals surface area (Å²) in [4.78, 5) is 7.45. The molecule has 0 bridgehead atoms. The van der Waals surface area contributed by atoms with Crippen LogP contribution in [-0.4, -0.2) is 9.97 Å². The Labute approximate surface area is 112 Å². The van der Waals surface area contributed by atoms with E-state index < -0.39 is 0 Å². The van der Waals surface area contributed by atoms with E-state index in [0.29, 0.717) is 16.9 Å². The number of rotatable bonds is 1. The predicted molar refractivity (Wildman–Crippen MR) is 73.9 cm³/mol. The lowest BCUT2D eigenvalue weighted by Gasteiger charge is -2.00. The maximum Gasteiger partial charge on any atom is 0.151 e. The van der Waals surface area contributed by atoms with Crippen molar-refractivity contribution >= 4 is 27.0 Å². The number of aryl methyl sites for hydroxylation is 1. The molecule has 0 saturated heterocycles. The van der Waals surface area contributed by atoms with Gasteiger partial charge in [0, 0.05) is 10.0 Å². The summed E-state index contributed by atoms with van der Waals surface area (Å²) in [5, 5.41) is 0. The van der Waals surface area contributed by atoms with Gasteiger partial charge in [0.1, 0.15) is 11.3 Å². The van der Waals surface area contributed by atoms with E-state index in [0.717, 1.165) is 15.6 Å². The van der Waals surface area contributed by atoms with Crippen LogP contribution in [-0.2, 0) is 0 Å². The van der Waals surface area contributed by atoms with Crippen LogP contribution in [0.25, 0.3) is 22.4 Å². The molecule has 0 aliphatic carbocycles. The number of nitrogens with zero attached hydrogens (tertiary/aromatic N) is 1. The molecule has 0 fully saturated rings. The first-order chi connectivity index (χ1) is 8.63. The standard InChI is InChI=1S/C14H10BrFN2/c1-8-5-9(7-10(15)6-8)14-17-12-4-2-3-11(16)13(12)18-14/h2-7H,1H3,(H,17,18). The molecule has 0 saturated carbocycles. The van der Waals surface area contributed by atoms with Crippen molar-refractivity contribution in [1.82, 2.24) is 9.97 Å². The van der Waals surface area contributed by atoms with E-state index in [9.17, 15) is 4.39 Å². The van der Waals surface area contributed by atoms with Crippen LogP contribution in [0.5, 0.6) is 0 Å². The number of nitrogens with one attached hydrogen (secondary N) is 1.